The number of halogens is 1. The van der Waals surface area contributed by atoms with Crippen LogP contribution in [-0.4, -0.2) is 3.79 Å². The first-order valence-corrected chi connectivity index (χ1v) is 5.43. The monoisotopic (exact) mass is 288 g/mol. The van der Waals surface area contributed by atoms with E-state index < -0.39 is 0 Å². The number of benzene rings is 1. The molecule has 2 heteroatoms. The Morgan fingerprint density at radius 2 is 2.08 bits per heavy atom. The van der Waals surface area contributed by atoms with Crippen LogP contribution < -0.4 is 0 Å². The van der Waals surface area contributed by atoms with Gasteiger partial charge in [-0.3, -0.25) is 4.79 Å². The first-order chi connectivity index (χ1) is 6.11. The van der Waals surface area contributed by atoms with Crippen LogP contribution in [0, 0.1) is 12.8 Å². The van der Waals surface area contributed by atoms with E-state index in [9.17, 15) is 4.79 Å². The molecule has 0 bridgehead atoms. The van der Waals surface area contributed by atoms with Gasteiger partial charge in [-0.05, 0) is 47.1 Å². The molecule has 0 aliphatic carbocycles. The maximum atomic E-state index is 11.0. The van der Waals surface area contributed by atoms with E-state index in [0.29, 0.717) is 0 Å². The molecule has 1 nitrogen and oxygen atoms in total. The summed E-state index contributed by atoms with van der Waals surface area (Å²) in [7, 11) is 0. The minimum absolute atomic E-state index is 0.127. The summed E-state index contributed by atoms with van der Waals surface area (Å²) in [6.45, 7) is 4.06. The Hall–Kier alpha value is -0.380. The van der Waals surface area contributed by atoms with Crippen molar-refractivity contribution in [2.24, 2.45) is 5.92 Å². The second-order valence-electron chi connectivity index (χ2n) is 3.34. The van der Waals surface area contributed by atoms with Gasteiger partial charge in [-0.25, -0.2) is 0 Å². The molecule has 0 amide bonds. The van der Waals surface area contributed by atoms with Crippen molar-refractivity contribution in [3.8, 4) is 0 Å². The Labute approximate surface area is 92.7 Å². The van der Waals surface area contributed by atoms with Gasteiger partial charge in [0.2, 0.25) is 0 Å². The molecule has 1 atom stereocenters. The summed E-state index contributed by atoms with van der Waals surface area (Å²) in [6.07, 6.45) is 0.856. The maximum absolute atomic E-state index is 11.0. The van der Waals surface area contributed by atoms with Gasteiger partial charge in [-0.15, -0.1) is 0 Å². The fourth-order valence-corrected chi connectivity index (χ4v) is 1.47. The highest BCUT2D eigenvalue weighted by Gasteiger charge is 2.10. The lowest BCUT2D eigenvalue weighted by atomic mass is 9.99. The van der Waals surface area contributed by atoms with Crippen molar-refractivity contribution in [3.05, 3.63) is 35.4 Å². The molecule has 0 fully saturated rings. The van der Waals surface area contributed by atoms with Crippen molar-refractivity contribution in [2.45, 2.75) is 20.3 Å². The summed E-state index contributed by atoms with van der Waals surface area (Å²) in [5.41, 5.74) is 2.55. The summed E-state index contributed by atoms with van der Waals surface area (Å²) in [5.74, 6) is 0.127. The van der Waals surface area contributed by atoms with Crippen LogP contribution in [0.3, 0.4) is 0 Å². The summed E-state index contributed by atoms with van der Waals surface area (Å²) in [6, 6.07) is 8.22. The third-order valence-electron chi connectivity index (χ3n) is 2.17. The fourth-order valence-electron chi connectivity index (χ4n) is 1.25. The number of aryl methyl sites for hydroxylation is 1. The molecule has 0 N–H and O–H groups in total. The van der Waals surface area contributed by atoms with Crippen molar-refractivity contribution < 1.29 is 4.79 Å². The topological polar surface area (TPSA) is 17.1 Å². The fraction of sp³-hybridized carbons (Fsp3) is 0.364. The van der Waals surface area contributed by atoms with E-state index in [0.717, 1.165) is 6.42 Å². The summed E-state index contributed by atoms with van der Waals surface area (Å²) in [4.78, 5) is 11.0. The van der Waals surface area contributed by atoms with E-state index in [1.54, 1.807) is 0 Å². The number of rotatable bonds is 3. The minimum Gasteiger partial charge on any atom is -0.287 e. The van der Waals surface area contributed by atoms with Crippen molar-refractivity contribution in [1.82, 2.24) is 0 Å². The predicted octanol–water partition coefficient (Wildman–Crippen LogP) is 3.14. The van der Waals surface area contributed by atoms with Gasteiger partial charge in [0, 0.05) is 5.92 Å². The first kappa shape index (κ1) is 10.7. The van der Waals surface area contributed by atoms with E-state index in [1.165, 1.54) is 11.1 Å². The van der Waals surface area contributed by atoms with Gasteiger partial charge in [0.1, 0.15) is 0 Å². The quantitative estimate of drug-likeness (QED) is 0.617. The Morgan fingerprint density at radius 3 is 2.62 bits per heavy atom. The van der Waals surface area contributed by atoms with Crippen LogP contribution in [0.4, 0.5) is 0 Å². The van der Waals surface area contributed by atoms with Crippen molar-refractivity contribution >= 4 is 26.4 Å². The standard InChI is InChI=1S/C11H13IO/c1-8-5-3-4-6-10(8)7-9(2)11(12)13/h3-6,9H,7H2,1-2H3. The van der Waals surface area contributed by atoms with Crippen LogP contribution in [-0.2, 0) is 11.2 Å². The molecule has 1 aromatic carbocycles. The summed E-state index contributed by atoms with van der Waals surface area (Å²) < 4.78 is 0.237. The molecule has 0 aliphatic heterocycles. The van der Waals surface area contributed by atoms with Crippen LogP contribution in [0.15, 0.2) is 24.3 Å². The third-order valence-corrected chi connectivity index (χ3v) is 3.24. The largest absolute Gasteiger partial charge is 0.287 e. The molecule has 0 aromatic heterocycles. The molecule has 0 saturated carbocycles. The maximum Gasteiger partial charge on any atom is 0.195 e. The zero-order valence-electron chi connectivity index (χ0n) is 7.88. The van der Waals surface area contributed by atoms with Crippen molar-refractivity contribution in [1.29, 1.82) is 0 Å². The van der Waals surface area contributed by atoms with Crippen molar-refractivity contribution in [2.75, 3.05) is 0 Å². The van der Waals surface area contributed by atoms with Crippen LogP contribution in [0.25, 0.3) is 0 Å². The first-order valence-electron chi connectivity index (χ1n) is 4.35. The molecular formula is C11H13IO. The lowest BCUT2D eigenvalue weighted by molar-refractivity contribution is -0.112. The lowest BCUT2D eigenvalue weighted by Crippen LogP contribution is -2.07. The molecule has 0 saturated heterocycles. The van der Waals surface area contributed by atoms with Gasteiger partial charge < -0.3 is 0 Å². The molecule has 1 unspecified atom stereocenters. The highest BCUT2D eigenvalue weighted by Crippen LogP contribution is 2.15. The second-order valence-corrected chi connectivity index (χ2v) is 4.40. The zero-order valence-corrected chi connectivity index (χ0v) is 10.0. The van der Waals surface area contributed by atoms with E-state index in [1.807, 2.05) is 41.6 Å². The molecular weight excluding hydrogens is 275 g/mol. The Kier molecular flexibility index (Phi) is 3.90. The van der Waals surface area contributed by atoms with Gasteiger partial charge in [0.25, 0.3) is 0 Å². The normalized spacial score (nSPS) is 12.5. The van der Waals surface area contributed by atoms with Gasteiger partial charge in [-0.2, -0.15) is 0 Å². The highest BCUT2D eigenvalue weighted by atomic mass is 127. The summed E-state index contributed by atoms with van der Waals surface area (Å²) in [5, 5.41) is 0. The number of hydrogen-bond acceptors (Lipinski definition) is 1. The van der Waals surface area contributed by atoms with E-state index in [-0.39, 0.29) is 9.71 Å². The summed E-state index contributed by atoms with van der Waals surface area (Å²) >= 11 is 1.87. The minimum atomic E-state index is 0.127. The molecule has 0 aliphatic rings. The molecule has 70 valence electrons. The number of carbonyl (C=O) groups is 1. The average molecular weight is 288 g/mol. The SMILES string of the molecule is Cc1ccccc1CC(C)C(=O)I. The second kappa shape index (κ2) is 4.74. The molecule has 0 radical (unpaired) electrons. The number of hydrogen-bond donors (Lipinski definition) is 0. The van der Waals surface area contributed by atoms with Gasteiger partial charge >= 0.3 is 0 Å². The Morgan fingerprint density at radius 1 is 1.46 bits per heavy atom. The zero-order chi connectivity index (χ0) is 9.84. The predicted molar refractivity (Wildman–Crippen MR) is 63.1 cm³/mol. The molecule has 13 heavy (non-hydrogen) atoms. The molecule has 1 aromatic rings. The smallest absolute Gasteiger partial charge is 0.195 e. The van der Waals surface area contributed by atoms with Crippen LogP contribution in [0.1, 0.15) is 18.1 Å². The third kappa shape index (κ3) is 3.10. The van der Waals surface area contributed by atoms with Gasteiger partial charge in [0.15, 0.2) is 3.79 Å². The molecule has 0 heterocycles. The van der Waals surface area contributed by atoms with Gasteiger partial charge in [-0.1, -0.05) is 31.2 Å². The Bertz CT molecular complexity index is 307. The number of carbonyl (C=O) groups excluding carboxylic acids is 1. The van der Waals surface area contributed by atoms with E-state index in [2.05, 4.69) is 19.1 Å². The van der Waals surface area contributed by atoms with Crippen LogP contribution in [0.2, 0.25) is 0 Å². The van der Waals surface area contributed by atoms with Crippen LogP contribution >= 0.6 is 22.6 Å². The Balaban J connectivity index is 2.74. The van der Waals surface area contributed by atoms with Crippen molar-refractivity contribution in [3.63, 3.8) is 0 Å². The van der Waals surface area contributed by atoms with Gasteiger partial charge in [0.05, 0.1) is 0 Å². The molecule has 0 spiro atoms. The van der Waals surface area contributed by atoms with E-state index >= 15 is 0 Å². The lowest BCUT2D eigenvalue weighted by Gasteiger charge is -2.08. The highest BCUT2D eigenvalue weighted by molar-refractivity contribution is 14.1. The molecule has 1 rings (SSSR count). The van der Waals surface area contributed by atoms with Crippen LogP contribution in [0.5, 0.6) is 0 Å². The average Bonchev–Trinajstić information content (AvgIpc) is 2.08. The van der Waals surface area contributed by atoms with E-state index in [4.69, 9.17) is 0 Å².